The zero-order chi connectivity index (χ0) is 17.3. The molecule has 1 saturated heterocycles. The van der Waals surface area contributed by atoms with Gasteiger partial charge in [0.2, 0.25) is 0 Å². The van der Waals surface area contributed by atoms with E-state index in [0.29, 0.717) is 11.4 Å². The highest BCUT2D eigenvalue weighted by Crippen LogP contribution is 2.31. The Morgan fingerprint density at radius 1 is 1.21 bits per heavy atom. The molecular weight excluding hydrogens is 344 g/mol. The standard InChI is InChI=1S/C17H14N2O3S2/c1-10-7-8-11(24-10)9-12-15(20)18-17(23)19(16(12)21)13-5-3-4-6-14(13)22-2/h3-9H,1-2H3,(H,18,20,23)/b12-9+. The number of anilines is 1. The van der Waals surface area contributed by atoms with Crippen LogP contribution < -0.4 is 15.0 Å². The van der Waals surface area contributed by atoms with Crippen molar-refractivity contribution in [3.05, 3.63) is 51.7 Å². The number of aryl methyl sites for hydroxylation is 1. The van der Waals surface area contributed by atoms with Crippen LogP contribution in [0.25, 0.3) is 6.08 Å². The zero-order valence-corrected chi connectivity index (χ0v) is 14.7. The molecule has 2 aromatic rings. The van der Waals surface area contributed by atoms with Crippen molar-refractivity contribution in [1.82, 2.24) is 5.32 Å². The average Bonchev–Trinajstić information content (AvgIpc) is 2.97. The molecule has 2 amide bonds. The van der Waals surface area contributed by atoms with E-state index < -0.39 is 11.8 Å². The number of rotatable bonds is 3. The van der Waals surface area contributed by atoms with Gasteiger partial charge >= 0.3 is 0 Å². The van der Waals surface area contributed by atoms with Crippen LogP contribution in [0.3, 0.4) is 0 Å². The Morgan fingerprint density at radius 3 is 2.62 bits per heavy atom. The molecule has 0 radical (unpaired) electrons. The third-order valence-electron chi connectivity index (χ3n) is 3.48. The molecule has 24 heavy (non-hydrogen) atoms. The minimum absolute atomic E-state index is 0.0361. The molecule has 0 saturated carbocycles. The van der Waals surface area contributed by atoms with Gasteiger partial charge in [0.25, 0.3) is 11.8 Å². The topological polar surface area (TPSA) is 58.6 Å². The number of para-hydroxylation sites is 2. The maximum absolute atomic E-state index is 12.9. The highest BCUT2D eigenvalue weighted by molar-refractivity contribution is 7.80. The molecule has 1 aliphatic rings. The molecule has 2 heterocycles. The lowest BCUT2D eigenvalue weighted by molar-refractivity contribution is -0.122. The van der Waals surface area contributed by atoms with Gasteiger partial charge in [0.15, 0.2) is 5.11 Å². The van der Waals surface area contributed by atoms with E-state index in [1.807, 2.05) is 19.1 Å². The van der Waals surface area contributed by atoms with Crippen LogP contribution in [-0.2, 0) is 9.59 Å². The SMILES string of the molecule is COc1ccccc1N1C(=O)/C(=C/c2ccc(C)s2)C(=O)NC1=S. The minimum atomic E-state index is -0.498. The van der Waals surface area contributed by atoms with Crippen LogP contribution in [0.15, 0.2) is 42.0 Å². The first kappa shape index (κ1) is 16.4. The van der Waals surface area contributed by atoms with Crippen molar-refractivity contribution < 1.29 is 14.3 Å². The summed E-state index contributed by atoms with van der Waals surface area (Å²) < 4.78 is 5.30. The van der Waals surface area contributed by atoms with E-state index in [4.69, 9.17) is 17.0 Å². The molecule has 1 aromatic carbocycles. The first-order valence-corrected chi connectivity index (χ1v) is 8.34. The lowest BCUT2D eigenvalue weighted by Gasteiger charge is -2.29. The Balaban J connectivity index is 2.05. The summed E-state index contributed by atoms with van der Waals surface area (Å²) in [5, 5.41) is 2.60. The fourth-order valence-electron chi connectivity index (χ4n) is 2.36. The Hall–Kier alpha value is -2.51. The summed E-state index contributed by atoms with van der Waals surface area (Å²) in [6, 6.07) is 10.8. The maximum Gasteiger partial charge on any atom is 0.270 e. The van der Waals surface area contributed by atoms with Crippen molar-refractivity contribution in [2.45, 2.75) is 6.92 Å². The summed E-state index contributed by atoms with van der Waals surface area (Å²) in [4.78, 5) is 28.3. The summed E-state index contributed by atoms with van der Waals surface area (Å²) in [5.74, 6) is -0.475. The van der Waals surface area contributed by atoms with Gasteiger partial charge in [-0.3, -0.25) is 14.9 Å². The minimum Gasteiger partial charge on any atom is -0.495 e. The lowest BCUT2D eigenvalue weighted by Crippen LogP contribution is -2.54. The quantitative estimate of drug-likeness (QED) is 0.521. The van der Waals surface area contributed by atoms with Gasteiger partial charge < -0.3 is 4.74 Å². The van der Waals surface area contributed by atoms with Crippen molar-refractivity contribution in [2.75, 3.05) is 12.0 Å². The van der Waals surface area contributed by atoms with Gasteiger partial charge in [0.1, 0.15) is 11.3 Å². The van der Waals surface area contributed by atoms with Gasteiger partial charge in [0, 0.05) is 9.75 Å². The van der Waals surface area contributed by atoms with Crippen LogP contribution in [0.5, 0.6) is 5.75 Å². The Labute approximate surface area is 148 Å². The molecule has 0 aliphatic carbocycles. The summed E-state index contributed by atoms with van der Waals surface area (Å²) >= 11 is 6.69. The average molecular weight is 358 g/mol. The molecule has 0 bridgehead atoms. The van der Waals surface area contributed by atoms with Crippen LogP contribution in [0.1, 0.15) is 9.75 Å². The number of carbonyl (C=O) groups is 2. The third kappa shape index (κ3) is 2.95. The van der Waals surface area contributed by atoms with Gasteiger partial charge in [-0.25, -0.2) is 4.90 Å². The van der Waals surface area contributed by atoms with Gasteiger partial charge in [-0.2, -0.15) is 0 Å². The number of thiocarbonyl (C=S) groups is 1. The summed E-state index contributed by atoms with van der Waals surface area (Å²) in [5.41, 5.74) is 0.527. The fraction of sp³-hybridized carbons (Fsp3) is 0.118. The lowest BCUT2D eigenvalue weighted by atomic mass is 10.1. The second-order valence-electron chi connectivity index (χ2n) is 5.08. The van der Waals surface area contributed by atoms with Crippen molar-refractivity contribution >= 4 is 52.2 Å². The molecule has 1 aromatic heterocycles. The molecule has 0 atom stereocenters. The van der Waals surface area contributed by atoms with Crippen LogP contribution in [0.4, 0.5) is 5.69 Å². The van der Waals surface area contributed by atoms with E-state index >= 15 is 0 Å². The molecule has 122 valence electrons. The number of ether oxygens (including phenoxy) is 1. The van der Waals surface area contributed by atoms with E-state index in [9.17, 15) is 9.59 Å². The van der Waals surface area contributed by atoms with Crippen LogP contribution >= 0.6 is 23.6 Å². The number of nitrogens with one attached hydrogen (secondary N) is 1. The van der Waals surface area contributed by atoms with Crippen molar-refractivity contribution in [2.24, 2.45) is 0 Å². The molecule has 1 aliphatic heterocycles. The highest BCUT2D eigenvalue weighted by Gasteiger charge is 2.35. The predicted molar refractivity (Wildman–Crippen MR) is 98.3 cm³/mol. The predicted octanol–water partition coefficient (Wildman–Crippen LogP) is 2.90. The number of methoxy groups -OCH3 is 1. The molecule has 1 N–H and O–H groups in total. The number of benzene rings is 1. The Kier molecular flexibility index (Phi) is 4.46. The number of hydrogen-bond donors (Lipinski definition) is 1. The fourth-order valence-corrected chi connectivity index (χ4v) is 3.46. The zero-order valence-electron chi connectivity index (χ0n) is 13.0. The van der Waals surface area contributed by atoms with E-state index in [1.165, 1.54) is 23.3 Å². The Bertz CT molecular complexity index is 870. The molecule has 0 spiro atoms. The van der Waals surface area contributed by atoms with Crippen molar-refractivity contribution in [3.8, 4) is 5.75 Å². The number of nitrogens with zero attached hydrogens (tertiary/aromatic N) is 1. The Morgan fingerprint density at radius 2 is 1.96 bits per heavy atom. The molecule has 5 nitrogen and oxygen atoms in total. The molecule has 1 fully saturated rings. The largest absolute Gasteiger partial charge is 0.495 e. The molecule has 7 heteroatoms. The summed E-state index contributed by atoms with van der Waals surface area (Å²) in [7, 11) is 1.51. The van der Waals surface area contributed by atoms with Crippen molar-refractivity contribution in [3.63, 3.8) is 0 Å². The highest BCUT2D eigenvalue weighted by atomic mass is 32.1. The molecular formula is C17H14N2O3S2. The van der Waals surface area contributed by atoms with E-state index in [0.717, 1.165) is 9.75 Å². The smallest absolute Gasteiger partial charge is 0.270 e. The van der Waals surface area contributed by atoms with Crippen molar-refractivity contribution in [1.29, 1.82) is 0 Å². The van der Waals surface area contributed by atoms with E-state index in [1.54, 1.807) is 30.3 Å². The number of amides is 2. The van der Waals surface area contributed by atoms with Gasteiger partial charge in [-0.1, -0.05) is 12.1 Å². The summed E-state index contributed by atoms with van der Waals surface area (Å²) in [6.07, 6.45) is 1.58. The molecule has 3 rings (SSSR count). The monoisotopic (exact) mass is 358 g/mol. The first-order chi connectivity index (χ1) is 11.5. The third-order valence-corrected chi connectivity index (χ3v) is 4.71. The normalized spacial score (nSPS) is 16.5. The van der Waals surface area contributed by atoms with Gasteiger partial charge in [-0.15, -0.1) is 11.3 Å². The number of carbonyl (C=O) groups excluding carboxylic acids is 2. The maximum atomic E-state index is 12.9. The van der Waals surface area contributed by atoms with Gasteiger partial charge in [-0.05, 0) is 49.5 Å². The van der Waals surface area contributed by atoms with Crippen LogP contribution in [0, 0.1) is 6.92 Å². The second kappa shape index (κ2) is 6.54. The van der Waals surface area contributed by atoms with Crippen LogP contribution in [-0.4, -0.2) is 24.0 Å². The van der Waals surface area contributed by atoms with E-state index in [2.05, 4.69) is 5.32 Å². The first-order valence-electron chi connectivity index (χ1n) is 7.12. The second-order valence-corrected chi connectivity index (χ2v) is 6.78. The molecule has 0 unspecified atom stereocenters. The van der Waals surface area contributed by atoms with Crippen LogP contribution in [0.2, 0.25) is 0 Å². The number of hydrogen-bond acceptors (Lipinski definition) is 5. The number of thiophene rings is 1. The van der Waals surface area contributed by atoms with E-state index in [-0.39, 0.29) is 10.7 Å². The van der Waals surface area contributed by atoms with Gasteiger partial charge in [0.05, 0.1) is 12.8 Å². The summed E-state index contributed by atoms with van der Waals surface area (Å²) in [6.45, 7) is 1.96.